The minimum atomic E-state index is -0.924. The van der Waals surface area contributed by atoms with Crippen molar-refractivity contribution in [2.24, 2.45) is 0 Å². The molecular weight excluding hydrogens is 364 g/mol. The lowest BCUT2D eigenvalue weighted by Gasteiger charge is -2.22. The molecule has 3 aromatic carbocycles. The third-order valence-electron chi connectivity index (χ3n) is 4.33. The molecule has 0 aliphatic rings. The molecule has 0 radical (unpaired) electrons. The molecule has 1 heterocycles. The summed E-state index contributed by atoms with van der Waals surface area (Å²) in [7, 11) is 0. The molecule has 24 heavy (non-hydrogen) atoms. The molecule has 2 nitrogen and oxygen atoms in total. The Morgan fingerprint density at radius 3 is 2.42 bits per heavy atom. The minimum Gasteiger partial charge on any atom is -0.456 e. The summed E-state index contributed by atoms with van der Waals surface area (Å²) in [6.07, 6.45) is 0. The van der Waals surface area contributed by atoms with E-state index in [2.05, 4.69) is 28.1 Å². The zero-order valence-corrected chi connectivity index (χ0v) is 15.1. The summed E-state index contributed by atoms with van der Waals surface area (Å²) in [6.45, 7) is 3.62. The molecule has 0 amide bonds. The van der Waals surface area contributed by atoms with Gasteiger partial charge in [0, 0.05) is 15.2 Å². The normalized spacial score (nSPS) is 12.2. The molecule has 0 spiro atoms. The van der Waals surface area contributed by atoms with Gasteiger partial charge < -0.3 is 9.52 Å². The van der Waals surface area contributed by atoms with Gasteiger partial charge in [-0.15, -0.1) is 0 Å². The van der Waals surface area contributed by atoms with E-state index in [0.29, 0.717) is 0 Å². The lowest BCUT2D eigenvalue weighted by atomic mass is 9.89. The highest BCUT2D eigenvalue weighted by molar-refractivity contribution is 9.10. The molecule has 0 unspecified atom stereocenters. The van der Waals surface area contributed by atoms with Gasteiger partial charge >= 0.3 is 0 Å². The largest absolute Gasteiger partial charge is 0.456 e. The lowest BCUT2D eigenvalue weighted by molar-refractivity contribution is 0.0791. The second-order valence-electron chi connectivity index (χ2n) is 6.56. The summed E-state index contributed by atoms with van der Waals surface area (Å²) in [6, 6.07) is 20.3. The molecule has 0 aliphatic carbocycles. The van der Waals surface area contributed by atoms with E-state index in [1.807, 2.05) is 62.4 Å². The van der Waals surface area contributed by atoms with Crippen LogP contribution in [0.3, 0.4) is 0 Å². The highest BCUT2D eigenvalue weighted by Crippen LogP contribution is 2.37. The number of aliphatic hydroxyl groups is 1. The molecule has 0 atom stereocenters. The molecule has 0 bridgehead atoms. The van der Waals surface area contributed by atoms with E-state index in [1.54, 1.807) is 0 Å². The Morgan fingerprint density at radius 2 is 1.62 bits per heavy atom. The smallest absolute Gasteiger partial charge is 0.135 e. The minimum absolute atomic E-state index is 0.877. The molecule has 1 aromatic heterocycles. The zero-order valence-electron chi connectivity index (χ0n) is 13.5. The first kappa shape index (κ1) is 15.4. The van der Waals surface area contributed by atoms with Crippen LogP contribution >= 0.6 is 15.9 Å². The summed E-state index contributed by atoms with van der Waals surface area (Å²) in [5, 5.41) is 12.8. The van der Waals surface area contributed by atoms with Gasteiger partial charge in [0.1, 0.15) is 11.2 Å². The Bertz CT molecular complexity index is 1050. The first-order valence-corrected chi connectivity index (χ1v) is 8.67. The maximum Gasteiger partial charge on any atom is 0.135 e. The average Bonchev–Trinajstić information content (AvgIpc) is 2.92. The van der Waals surface area contributed by atoms with Gasteiger partial charge in [0.2, 0.25) is 0 Å². The number of hydrogen-bond acceptors (Lipinski definition) is 2. The summed E-state index contributed by atoms with van der Waals surface area (Å²) >= 11 is 3.50. The molecule has 0 saturated heterocycles. The highest BCUT2D eigenvalue weighted by Gasteiger charge is 2.21. The van der Waals surface area contributed by atoms with Crippen LogP contribution in [0, 0.1) is 0 Å². The molecule has 0 saturated carbocycles. The van der Waals surface area contributed by atoms with E-state index in [1.165, 1.54) is 0 Å². The van der Waals surface area contributed by atoms with E-state index in [-0.39, 0.29) is 0 Å². The van der Waals surface area contributed by atoms with Crippen molar-refractivity contribution in [3.8, 4) is 11.1 Å². The van der Waals surface area contributed by atoms with Gasteiger partial charge in [-0.2, -0.15) is 0 Å². The Kier molecular flexibility index (Phi) is 3.52. The van der Waals surface area contributed by atoms with Crippen LogP contribution in [-0.4, -0.2) is 5.11 Å². The van der Waals surface area contributed by atoms with E-state index < -0.39 is 5.60 Å². The topological polar surface area (TPSA) is 33.4 Å². The molecular formula is C21H17BrO2. The Labute approximate surface area is 148 Å². The van der Waals surface area contributed by atoms with Gasteiger partial charge in [0.25, 0.3) is 0 Å². The third kappa shape index (κ3) is 2.54. The van der Waals surface area contributed by atoms with E-state index in [0.717, 1.165) is 43.1 Å². The fourth-order valence-corrected chi connectivity index (χ4v) is 3.53. The van der Waals surface area contributed by atoms with Crippen LogP contribution in [0.25, 0.3) is 33.1 Å². The van der Waals surface area contributed by atoms with Crippen molar-refractivity contribution in [2.45, 2.75) is 19.4 Å². The van der Waals surface area contributed by atoms with Crippen molar-refractivity contribution in [1.29, 1.82) is 0 Å². The Hall–Kier alpha value is -2.10. The molecule has 4 rings (SSSR count). The fraction of sp³-hybridized carbons (Fsp3) is 0.143. The lowest BCUT2D eigenvalue weighted by Crippen LogP contribution is -2.16. The van der Waals surface area contributed by atoms with Gasteiger partial charge in [-0.1, -0.05) is 46.3 Å². The van der Waals surface area contributed by atoms with Gasteiger partial charge in [0.05, 0.1) is 5.60 Å². The SMILES string of the molecule is CC(C)(O)c1cc(Br)ccc1-c1ccc2oc3ccccc3c2c1. The average molecular weight is 381 g/mol. The second-order valence-corrected chi connectivity index (χ2v) is 7.47. The number of rotatable bonds is 2. The van der Waals surface area contributed by atoms with Crippen molar-refractivity contribution in [2.75, 3.05) is 0 Å². The Balaban J connectivity index is 1.99. The van der Waals surface area contributed by atoms with Crippen molar-refractivity contribution >= 4 is 37.9 Å². The summed E-state index contributed by atoms with van der Waals surface area (Å²) in [5.41, 5.74) is 3.83. The van der Waals surface area contributed by atoms with Crippen LogP contribution in [0.15, 0.2) is 69.6 Å². The maximum absolute atomic E-state index is 10.6. The van der Waals surface area contributed by atoms with Gasteiger partial charge in [0.15, 0.2) is 0 Å². The third-order valence-corrected chi connectivity index (χ3v) is 4.82. The molecule has 120 valence electrons. The molecule has 0 fully saturated rings. The second kappa shape index (κ2) is 5.47. The molecule has 0 aliphatic heterocycles. The number of benzene rings is 3. The quantitative estimate of drug-likeness (QED) is 0.446. The molecule has 1 N–H and O–H groups in total. The number of hydrogen-bond donors (Lipinski definition) is 1. The zero-order chi connectivity index (χ0) is 16.9. The van der Waals surface area contributed by atoms with Crippen molar-refractivity contribution < 1.29 is 9.52 Å². The number of fused-ring (bicyclic) bond motifs is 3. The van der Waals surface area contributed by atoms with Crippen molar-refractivity contribution in [3.63, 3.8) is 0 Å². The van der Waals surface area contributed by atoms with Gasteiger partial charge in [-0.05, 0) is 60.9 Å². The van der Waals surface area contributed by atoms with Crippen LogP contribution in [0.5, 0.6) is 0 Å². The van der Waals surface area contributed by atoms with Crippen LogP contribution in [0.1, 0.15) is 19.4 Å². The maximum atomic E-state index is 10.6. The predicted molar refractivity (Wildman–Crippen MR) is 102 cm³/mol. The number of halogens is 1. The fourth-order valence-electron chi connectivity index (χ4n) is 3.17. The Morgan fingerprint density at radius 1 is 0.875 bits per heavy atom. The van der Waals surface area contributed by atoms with Gasteiger partial charge in [-0.25, -0.2) is 0 Å². The summed E-state index contributed by atoms with van der Waals surface area (Å²) < 4.78 is 6.86. The first-order chi connectivity index (χ1) is 11.4. The highest BCUT2D eigenvalue weighted by atomic mass is 79.9. The van der Waals surface area contributed by atoms with Crippen molar-refractivity contribution in [1.82, 2.24) is 0 Å². The number of para-hydroxylation sites is 1. The number of furan rings is 1. The summed E-state index contributed by atoms with van der Waals surface area (Å²) in [5.74, 6) is 0. The van der Waals surface area contributed by atoms with E-state index >= 15 is 0 Å². The van der Waals surface area contributed by atoms with Gasteiger partial charge in [-0.3, -0.25) is 0 Å². The monoisotopic (exact) mass is 380 g/mol. The van der Waals surface area contributed by atoms with Crippen LogP contribution in [-0.2, 0) is 5.60 Å². The van der Waals surface area contributed by atoms with Crippen LogP contribution < -0.4 is 0 Å². The first-order valence-electron chi connectivity index (χ1n) is 7.87. The van der Waals surface area contributed by atoms with Crippen LogP contribution in [0.2, 0.25) is 0 Å². The van der Waals surface area contributed by atoms with E-state index in [9.17, 15) is 5.11 Å². The molecule has 3 heteroatoms. The summed E-state index contributed by atoms with van der Waals surface area (Å²) in [4.78, 5) is 0. The predicted octanol–water partition coefficient (Wildman–Crippen LogP) is 6.24. The van der Waals surface area contributed by atoms with Crippen molar-refractivity contribution in [3.05, 3.63) is 70.7 Å². The standard InChI is InChI=1S/C21H17BrO2/c1-21(2,23)18-12-14(22)8-9-15(18)13-7-10-20-17(11-13)16-5-3-4-6-19(16)24-20/h3-12,23H,1-2H3. The van der Waals surface area contributed by atoms with Crippen LogP contribution in [0.4, 0.5) is 0 Å². The van der Waals surface area contributed by atoms with E-state index in [4.69, 9.17) is 4.42 Å². The molecule has 4 aromatic rings.